The van der Waals surface area contributed by atoms with Crippen LogP contribution in [0.5, 0.6) is 0 Å². The van der Waals surface area contributed by atoms with Gasteiger partial charge in [-0.1, -0.05) is 41.9 Å². The molecule has 0 atom stereocenters. The zero-order valence-corrected chi connectivity index (χ0v) is 14.7. The van der Waals surface area contributed by atoms with Gasteiger partial charge < -0.3 is 4.40 Å². The number of rotatable bonds is 3. The highest BCUT2D eigenvalue weighted by Gasteiger charge is 2.36. The lowest BCUT2D eigenvalue weighted by molar-refractivity contribution is 0.177. The summed E-state index contributed by atoms with van der Waals surface area (Å²) >= 11 is 6.12. The molecule has 5 heteroatoms. The number of imidazole rings is 1. The molecule has 2 aromatic heterocycles. The van der Waals surface area contributed by atoms with Gasteiger partial charge in [0.05, 0.1) is 28.4 Å². The van der Waals surface area contributed by atoms with E-state index in [0.717, 1.165) is 49.4 Å². The molecule has 0 N–H and O–H groups in total. The molecule has 25 heavy (non-hydrogen) atoms. The molecule has 0 saturated carbocycles. The molecule has 3 heterocycles. The molecule has 0 bridgehead atoms. The predicted octanol–water partition coefficient (Wildman–Crippen LogP) is 4.05. The minimum Gasteiger partial charge on any atom is -0.301 e. The van der Waals surface area contributed by atoms with Crippen molar-refractivity contribution < 1.29 is 0 Å². The summed E-state index contributed by atoms with van der Waals surface area (Å²) in [7, 11) is 0. The number of benzene rings is 1. The second kappa shape index (κ2) is 6.51. The van der Waals surface area contributed by atoms with Crippen molar-refractivity contribution in [2.45, 2.75) is 24.8 Å². The Morgan fingerprint density at radius 1 is 1.12 bits per heavy atom. The normalized spacial score (nSPS) is 17.4. The second-order valence-corrected chi connectivity index (χ2v) is 7.10. The Morgan fingerprint density at radius 3 is 2.60 bits per heavy atom. The van der Waals surface area contributed by atoms with Gasteiger partial charge in [-0.2, -0.15) is 5.26 Å². The highest BCUT2D eigenvalue weighted by molar-refractivity contribution is 6.30. The lowest BCUT2D eigenvalue weighted by atomic mass is 9.74. The van der Waals surface area contributed by atoms with Crippen molar-refractivity contribution in [2.75, 3.05) is 13.1 Å². The van der Waals surface area contributed by atoms with Gasteiger partial charge in [0.25, 0.3) is 0 Å². The first kappa shape index (κ1) is 16.1. The molecule has 0 spiro atoms. The number of likely N-dealkylation sites (tertiary alicyclic amines) is 1. The molecular formula is C20H19ClN4. The summed E-state index contributed by atoms with van der Waals surface area (Å²) < 4.78 is 2.05. The van der Waals surface area contributed by atoms with Crippen LogP contribution in [-0.4, -0.2) is 27.4 Å². The predicted molar refractivity (Wildman–Crippen MR) is 98.4 cm³/mol. The number of piperidine rings is 1. The van der Waals surface area contributed by atoms with Gasteiger partial charge in [-0.05, 0) is 30.5 Å². The Labute approximate surface area is 152 Å². The number of pyridine rings is 1. The van der Waals surface area contributed by atoms with Crippen LogP contribution in [0.4, 0.5) is 0 Å². The van der Waals surface area contributed by atoms with Crippen LogP contribution in [0.25, 0.3) is 5.65 Å². The van der Waals surface area contributed by atoms with E-state index in [-0.39, 0.29) is 5.41 Å². The lowest BCUT2D eigenvalue weighted by Gasteiger charge is -2.37. The van der Waals surface area contributed by atoms with Gasteiger partial charge in [0.2, 0.25) is 0 Å². The number of hydrogen-bond acceptors (Lipinski definition) is 3. The van der Waals surface area contributed by atoms with Crippen LogP contribution in [0.2, 0.25) is 5.02 Å². The van der Waals surface area contributed by atoms with Crippen LogP contribution in [0, 0.1) is 11.3 Å². The molecule has 0 unspecified atom stereocenters. The molecule has 4 nitrogen and oxygen atoms in total. The van der Waals surface area contributed by atoms with Crippen molar-refractivity contribution in [3.63, 3.8) is 0 Å². The molecule has 1 fully saturated rings. The van der Waals surface area contributed by atoms with Crippen molar-refractivity contribution in [1.29, 1.82) is 5.26 Å². The summed E-state index contributed by atoms with van der Waals surface area (Å²) in [4.78, 5) is 6.83. The maximum Gasteiger partial charge on any atom is 0.137 e. The van der Waals surface area contributed by atoms with Crippen LogP contribution < -0.4 is 0 Å². The van der Waals surface area contributed by atoms with E-state index in [1.165, 1.54) is 0 Å². The zero-order valence-electron chi connectivity index (χ0n) is 13.9. The van der Waals surface area contributed by atoms with Gasteiger partial charge >= 0.3 is 0 Å². The van der Waals surface area contributed by atoms with Crippen LogP contribution in [-0.2, 0) is 12.0 Å². The monoisotopic (exact) mass is 350 g/mol. The van der Waals surface area contributed by atoms with E-state index in [0.29, 0.717) is 5.02 Å². The summed E-state index contributed by atoms with van der Waals surface area (Å²) in [6.07, 6.45) is 5.53. The van der Waals surface area contributed by atoms with E-state index in [4.69, 9.17) is 11.6 Å². The fourth-order valence-corrected chi connectivity index (χ4v) is 3.83. The van der Waals surface area contributed by atoms with Crippen molar-refractivity contribution in [3.8, 4) is 6.07 Å². The summed E-state index contributed by atoms with van der Waals surface area (Å²) in [5.41, 5.74) is 2.81. The first-order chi connectivity index (χ1) is 12.2. The molecule has 126 valence electrons. The van der Waals surface area contributed by atoms with Crippen LogP contribution >= 0.6 is 11.6 Å². The van der Waals surface area contributed by atoms with Crippen LogP contribution in [0.15, 0.2) is 54.9 Å². The molecule has 3 aromatic rings. The average molecular weight is 351 g/mol. The Hall–Kier alpha value is -2.35. The molecule has 1 aliphatic rings. The SMILES string of the molecule is N#CC1(c2ccccc2)CCN(Cc2cnc3ccc(Cl)cn23)CC1. The van der Waals surface area contributed by atoms with Gasteiger partial charge in [-0.3, -0.25) is 4.90 Å². The van der Waals surface area contributed by atoms with E-state index in [1.54, 1.807) is 0 Å². The molecule has 1 aromatic carbocycles. The number of nitrogens with zero attached hydrogens (tertiary/aromatic N) is 4. The quantitative estimate of drug-likeness (QED) is 0.716. The summed E-state index contributed by atoms with van der Waals surface area (Å²) in [6.45, 7) is 2.62. The van der Waals surface area contributed by atoms with Crippen molar-refractivity contribution in [1.82, 2.24) is 14.3 Å². The van der Waals surface area contributed by atoms with E-state index in [2.05, 4.69) is 28.1 Å². The lowest BCUT2D eigenvalue weighted by Crippen LogP contribution is -2.41. The summed E-state index contributed by atoms with van der Waals surface area (Å²) in [6, 6.07) is 16.6. The van der Waals surface area contributed by atoms with Gasteiger partial charge in [0.15, 0.2) is 0 Å². The highest BCUT2D eigenvalue weighted by Crippen LogP contribution is 2.35. The van der Waals surface area contributed by atoms with Gasteiger partial charge in [0.1, 0.15) is 5.65 Å². The van der Waals surface area contributed by atoms with Gasteiger partial charge in [0, 0.05) is 25.8 Å². The van der Waals surface area contributed by atoms with Crippen LogP contribution in [0.1, 0.15) is 24.1 Å². The standard InChI is InChI=1S/C20H19ClN4/c21-17-6-7-19-23-12-18(25(19)13-17)14-24-10-8-20(15-22,9-11-24)16-4-2-1-3-5-16/h1-7,12-13H,8-11,14H2. The second-order valence-electron chi connectivity index (χ2n) is 6.66. The number of hydrogen-bond donors (Lipinski definition) is 0. The Kier molecular flexibility index (Phi) is 4.20. The van der Waals surface area contributed by atoms with Crippen molar-refractivity contribution in [2.24, 2.45) is 0 Å². The van der Waals surface area contributed by atoms with E-state index < -0.39 is 0 Å². The third-order valence-electron chi connectivity index (χ3n) is 5.18. The van der Waals surface area contributed by atoms with E-state index in [9.17, 15) is 5.26 Å². The minimum atomic E-state index is -0.361. The first-order valence-corrected chi connectivity index (χ1v) is 8.89. The third kappa shape index (κ3) is 3.02. The molecule has 0 amide bonds. The Balaban J connectivity index is 1.50. The number of nitriles is 1. The molecule has 1 saturated heterocycles. The number of halogens is 1. The highest BCUT2D eigenvalue weighted by atomic mass is 35.5. The first-order valence-electron chi connectivity index (χ1n) is 8.51. The number of fused-ring (bicyclic) bond motifs is 1. The fraction of sp³-hybridized carbons (Fsp3) is 0.300. The topological polar surface area (TPSA) is 44.3 Å². The maximum absolute atomic E-state index is 9.81. The third-order valence-corrected chi connectivity index (χ3v) is 5.41. The van der Waals surface area contributed by atoms with Gasteiger partial charge in [-0.15, -0.1) is 0 Å². The van der Waals surface area contributed by atoms with Crippen molar-refractivity contribution >= 4 is 17.2 Å². The summed E-state index contributed by atoms with van der Waals surface area (Å²) in [5.74, 6) is 0. The average Bonchev–Trinajstić information content (AvgIpc) is 3.05. The largest absolute Gasteiger partial charge is 0.301 e. The van der Waals surface area contributed by atoms with Crippen LogP contribution in [0.3, 0.4) is 0 Å². The van der Waals surface area contributed by atoms with Gasteiger partial charge in [-0.25, -0.2) is 4.98 Å². The summed E-state index contributed by atoms with van der Waals surface area (Å²) in [5, 5.41) is 10.5. The molecule has 0 radical (unpaired) electrons. The fourth-order valence-electron chi connectivity index (χ4n) is 3.67. The molecule has 4 rings (SSSR count). The minimum absolute atomic E-state index is 0.361. The van der Waals surface area contributed by atoms with E-state index >= 15 is 0 Å². The van der Waals surface area contributed by atoms with Crippen molar-refractivity contribution in [3.05, 3.63) is 71.1 Å². The molecular weight excluding hydrogens is 332 g/mol. The maximum atomic E-state index is 9.81. The Bertz CT molecular complexity index is 918. The molecule has 0 aliphatic carbocycles. The smallest absolute Gasteiger partial charge is 0.137 e. The molecule has 1 aliphatic heterocycles. The zero-order chi connectivity index (χ0) is 17.3. The number of aromatic nitrogens is 2. The van der Waals surface area contributed by atoms with E-state index in [1.807, 2.05) is 47.1 Å². The Morgan fingerprint density at radius 2 is 1.88 bits per heavy atom.